The molecule has 0 spiro atoms. The van der Waals surface area contributed by atoms with Crippen LogP contribution >= 0.6 is 0 Å². The molecule has 1 atom stereocenters. The van der Waals surface area contributed by atoms with Crippen molar-refractivity contribution in [2.75, 3.05) is 6.54 Å². The number of nitrogens with zero attached hydrogens (tertiary/aromatic N) is 4. The van der Waals surface area contributed by atoms with Gasteiger partial charge in [-0.3, -0.25) is 19.6 Å². The zero-order valence-corrected chi connectivity index (χ0v) is 26.7. The summed E-state index contributed by atoms with van der Waals surface area (Å²) >= 11 is 0. The summed E-state index contributed by atoms with van der Waals surface area (Å²) in [5.74, 6) is -1.74. The van der Waals surface area contributed by atoms with Crippen molar-refractivity contribution in [1.82, 2.24) is 9.97 Å². The Morgan fingerprint density at radius 1 is 0.977 bits per heavy atom. The second kappa shape index (κ2) is 15.2. The van der Waals surface area contributed by atoms with Gasteiger partial charge in [0.2, 0.25) is 0 Å². The van der Waals surface area contributed by atoms with Crippen LogP contribution in [0.3, 0.4) is 0 Å². The maximum absolute atomic E-state index is 11.4. The van der Waals surface area contributed by atoms with E-state index in [0.29, 0.717) is 36.9 Å². The van der Waals surface area contributed by atoms with Crippen LogP contribution in [0.15, 0.2) is 57.7 Å². The van der Waals surface area contributed by atoms with Gasteiger partial charge in [0.25, 0.3) is 0 Å². The molecule has 0 saturated heterocycles. The minimum Gasteiger partial charge on any atom is -1.00 e. The molecule has 1 unspecified atom stereocenters. The van der Waals surface area contributed by atoms with Gasteiger partial charge in [-0.25, -0.2) is 0 Å². The average Bonchev–Trinajstić information content (AvgIpc) is 3.63. The van der Waals surface area contributed by atoms with Gasteiger partial charge in [-0.15, -0.1) is 10.7 Å². The van der Waals surface area contributed by atoms with Crippen molar-refractivity contribution >= 4 is 41.6 Å². The maximum atomic E-state index is 11.4. The topological polar surface area (TPSA) is 128 Å². The number of carboxylic acids is 2. The van der Waals surface area contributed by atoms with E-state index in [-0.39, 0.29) is 48.4 Å². The summed E-state index contributed by atoms with van der Waals surface area (Å²) in [7, 11) is 0. The molecule has 2 aromatic rings. The number of halogens is 1. The van der Waals surface area contributed by atoms with Crippen molar-refractivity contribution in [3.05, 3.63) is 86.4 Å². The quantitative estimate of drug-likeness (QED) is 0.327. The second-order valence-corrected chi connectivity index (χ2v) is 10.5. The molecule has 0 aliphatic carbocycles. The summed E-state index contributed by atoms with van der Waals surface area (Å²) in [4.78, 5) is 41.8. The van der Waals surface area contributed by atoms with Gasteiger partial charge >= 0.3 is 29.0 Å². The van der Waals surface area contributed by atoms with Crippen LogP contribution in [0.1, 0.15) is 61.1 Å². The van der Waals surface area contributed by atoms with E-state index >= 15 is 0 Å². The van der Waals surface area contributed by atoms with Crippen molar-refractivity contribution in [3.8, 4) is 0 Å². The first-order chi connectivity index (χ1) is 19.5. The van der Waals surface area contributed by atoms with Crippen LogP contribution in [0.5, 0.6) is 0 Å². The summed E-state index contributed by atoms with van der Waals surface area (Å²) in [5.41, 5.74) is 10.4. The second-order valence-electron chi connectivity index (χ2n) is 10.5. The molecular formula is C33H36ClFeN4O4. The van der Waals surface area contributed by atoms with Crippen LogP contribution in [0.25, 0.3) is 18.2 Å². The van der Waals surface area contributed by atoms with Crippen molar-refractivity contribution in [1.29, 1.82) is 0 Å². The maximum Gasteiger partial charge on any atom is 3.00 e. The molecule has 227 valence electrons. The summed E-state index contributed by atoms with van der Waals surface area (Å²) in [5, 5.41) is 20.0. The van der Waals surface area contributed by atoms with E-state index in [2.05, 4.69) is 23.1 Å². The minimum absolute atomic E-state index is 0. The number of aromatic nitrogens is 2. The molecule has 4 rings (SSSR count). The Hall–Kier alpha value is -3.65. The standard InChI is InChI=1S/C33H37N4O4.ClH.Fe/c1-7-22-17-35-26(19(22)4)13-30-23(8-2)20(5)27(36-30)14-28-21(6)25(10-12-33(40)41)31(37-28)15-29-24(9-11-32(38)39)18(3)16-34-29;;/h7-8,14-15,17,30H,1-2,9-13,16H2,3-6H3,(H3,34,36,37,38,39,40,41);1H;/q-1;;+3/p-2. The van der Waals surface area contributed by atoms with Crippen molar-refractivity contribution in [3.63, 3.8) is 0 Å². The number of hydrogen-bond acceptors (Lipinski definition) is 4. The van der Waals surface area contributed by atoms with E-state index in [4.69, 9.17) is 9.98 Å². The van der Waals surface area contributed by atoms with Gasteiger partial charge in [0, 0.05) is 12.8 Å². The fraction of sp³-hybridized carbons (Fsp3) is 0.333. The molecule has 0 fully saturated rings. The normalized spacial score (nSPS) is 17.1. The van der Waals surface area contributed by atoms with Crippen molar-refractivity contribution in [2.24, 2.45) is 9.98 Å². The van der Waals surface area contributed by atoms with Crippen molar-refractivity contribution < 1.29 is 49.3 Å². The van der Waals surface area contributed by atoms with E-state index in [1.807, 2.05) is 58.2 Å². The first kappa shape index (κ1) is 35.5. The third-order valence-corrected chi connectivity index (χ3v) is 7.95. The summed E-state index contributed by atoms with van der Waals surface area (Å²) in [6.45, 7) is 16.4. The molecule has 43 heavy (non-hydrogen) atoms. The van der Waals surface area contributed by atoms with Gasteiger partial charge in [-0.05, 0) is 74.8 Å². The van der Waals surface area contributed by atoms with E-state index in [9.17, 15) is 19.8 Å². The third kappa shape index (κ3) is 7.85. The van der Waals surface area contributed by atoms with Crippen LogP contribution in [0, 0.1) is 13.8 Å². The van der Waals surface area contributed by atoms with Crippen LogP contribution in [-0.4, -0.2) is 46.2 Å². The van der Waals surface area contributed by atoms with Gasteiger partial charge in [-0.1, -0.05) is 54.2 Å². The number of allylic oxidation sites excluding steroid dienone is 2. The molecule has 1 radical (unpaired) electrons. The van der Waals surface area contributed by atoms with Crippen LogP contribution in [-0.2, 0) is 39.5 Å². The molecule has 2 aromatic heterocycles. The van der Waals surface area contributed by atoms with Gasteiger partial charge in [0.15, 0.2) is 0 Å². The number of carboxylic acid groups (broad SMARTS) is 2. The Balaban J connectivity index is 0.00000323. The molecule has 0 saturated carbocycles. The first-order valence-corrected chi connectivity index (χ1v) is 13.7. The van der Waals surface area contributed by atoms with E-state index in [1.54, 1.807) is 0 Å². The smallest absolute Gasteiger partial charge is 1.00 e. The fourth-order valence-electron chi connectivity index (χ4n) is 5.44. The molecule has 8 nitrogen and oxygen atoms in total. The van der Waals surface area contributed by atoms with E-state index < -0.39 is 11.9 Å². The fourth-order valence-corrected chi connectivity index (χ4v) is 5.44. The Labute approximate surface area is 268 Å². The predicted octanol–water partition coefficient (Wildman–Crippen LogP) is 0.645. The van der Waals surface area contributed by atoms with Gasteiger partial charge < -0.3 is 32.6 Å². The molecule has 2 N–H and O–H groups in total. The summed E-state index contributed by atoms with van der Waals surface area (Å²) in [6.07, 6.45) is 10.7. The first-order valence-electron chi connectivity index (χ1n) is 13.7. The Morgan fingerprint density at radius 3 is 2.23 bits per heavy atom. The molecule has 4 heterocycles. The van der Waals surface area contributed by atoms with E-state index in [1.165, 1.54) is 0 Å². The molecule has 0 aromatic carbocycles. The molecule has 2 aliphatic rings. The molecule has 2 aliphatic heterocycles. The van der Waals surface area contributed by atoms with Crippen molar-refractivity contribution in [2.45, 2.75) is 65.8 Å². The van der Waals surface area contributed by atoms with Gasteiger partial charge in [0.1, 0.15) is 0 Å². The zero-order chi connectivity index (χ0) is 29.8. The summed E-state index contributed by atoms with van der Waals surface area (Å²) < 4.78 is 0. The van der Waals surface area contributed by atoms with Gasteiger partial charge in [0.05, 0.1) is 24.0 Å². The Morgan fingerprint density at radius 2 is 1.63 bits per heavy atom. The number of aliphatic carboxylic acids is 2. The minimum atomic E-state index is -0.883. The SMILES string of the molecule is C=CC1=C(C)C(/C=c2\[n-]/c(=C\C3=NCC(C)=C3CCC(=O)O)c(CCC(=O)O)c2C)=NC1Cc1[n-]cc(C=C)c1C.[Cl-].[Fe+3]. The molecule has 0 bridgehead atoms. The van der Waals surface area contributed by atoms with Crippen LogP contribution < -0.4 is 33.1 Å². The predicted molar refractivity (Wildman–Crippen MR) is 163 cm³/mol. The molecular weight excluding hydrogens is 608 g/mol. The number of rotatable bonds is 12. The van der Waals surface area contributed by atoms with Crippen LogP contribution in [0.4, 0.5) is 0 Å². The molecule has 0 amide bonds. The Kier molecular flexibility index (Phi) is 12.6. The molecule has 10 heteroatoms. The Bertz CT molecular complexity index is 1690. The number of hydrogen-bond donors (Lipinski definition) is 2. The summed E-state index contributed by atoms with van der Waals surface area (Å²) in [6, 6.07) is -0.115. The van der Waals surface area contributed by atoms with Crippen LogP contribution in [0.2, 0.25) is 0 Å². The van der Waals surface area contributed by atoms with E-state index in [0.717, 1.165) is 61.3 Å². The monoisotopic (exact) mass is 643 g/mol. The largest absolute Gasteiger partial charge is 3.00 e. The number of aliphatic imine (C=N–C) groups is 2. The average molecular weight is 644 g/mol. The third-order valence-electron chi connectivity index (χ3n) is 7.95. The van der Waals surface area contributed by atoms with Gasteiger partial charge in [-0.2, -0.15) is 11.9 Å². The zero-order valence-electron chi connectivity index (χ0n) is 24.9. The number of carbonyl (C=O) groups is 2.